The standard InChI is InChI=1S/C49H33N5.C46H29N5.C40H25N5/c1-49(2)40-23-13-11-20-34(40)37-28-39-38-27-32(45-36-22-10-9-19-33(36)35-21-12-14-24-42(35)50-45)25-26-43(38)54(44(39)29-41(37)49)48-52-46(30-15-5-3-6-16-30)51-47(53-48)31-17-7-4-8-18-31;1-3-14-30(15-4-1)44-48-45(31-16-5-2-6-17-31)50-46(49-44)33-18-13-19-34(28-33)51-41-25-12-10-22-37(41)39-29-32(26-27-42(39)51)43-38-23-8-7-20-35(38)36-21-9-11-24-40(36)47-43;1-3-13-26(14-4-1)38-42-39(27-15-5-2-6-16-27)44-40(43-38)45-35-22-12-10-19-31(35)33-25-28(23-24-36(33)45)37-32-20-8-7-17-29(32)30-18-9-11-21-34(30)41-37/h3-29H,1-2H3;1-29H;1-25H. The molecule has 9 heterocycles. The van der Waals surface area contributed by atoms with Gasteiger partial charge in [-0.25, -0.2) is 39.9 Å². The summed E-state index contributed by atoms with van der Waals surface area (Å²) in [4.78, 5) is 61.0. The van der Waals surface area contributed by atoms with Gasteiger partial charge in [0.05, 0.1) is 66.7 Å². The predicted octanol–water partition coefficient (Wildman–Crippen LogP) is 33.0. The summed E-state index contributed by atoms with van der Waals surface area (Å²) in [6.45, 7) is 4.66. The Hall–Kier alpha value is -20.2. The highest BCUT2D eigenvalue weighted by atomic mass is 15.2. The Kier molecular flexibility index (Phi) is 21.2. The number of rotatable bonds is 13. The van der Waals surface area contributed by atoms with Crippen LogP contribution in [-0.2, 0) is 5.41 Å². The maximum atomic E-state index is 5.28. The second kappa shape index (κ2) is 36.3. The first kappa shape index (κ1) is 87.6. The lowest BCUT2D eigenvalue weighted by atomic mass is 9.82. The van der Waals surface area contributed by atoms with Gasteiger partial charge in [0.25, 0.3) is 0 Å². The smallest absolute Gasteiger partial charge is 0.238 e. The van der Waals surface area contributed by atoms with Crippen molar-refractivity contribution < 1.29 is 0 Å². The third-order valence-corrected chi connectivity index (χ3v) is 29.3. The van der Waals surface area contributed by atoms with E-state index in [9.17, 15) is 0 Å². The van der Waals surface area contributed by atoms with Crippen molar-refractivity contribution in [3.63, 3.8) is 0 Å². The molecule has 20 aromatic carbocycles. The van der Waals surface area contributed by atoms with E-state index in [-0.39, 0.29) is 5.41 Å². The molecule has 29 aromatic rings. The van der Waals surface area contributed by atoms with Gasteiger partial charge in [-0.2, -0.15) is 19.9 Å². The molecule has 0 unspecified atom stereocenters. The van der Waals surface area contributed by atoms with Crippen molar-refractivity contribution in [1.82, 2.24) is 73.5 Å². The molecule has 15 heteroatoms. The minimum absolute atomic E-state index is 0.177. The molecule has 30 rings (SSSR count). The number of hydrogen-bond donors (Lipinski definition) is 0. The van der Waals surface area contributed by atoms with Crippen molar-refractivity contribution in [2.45, 2.75) is 19.3 Å². The first-order valence-corrected chi connectivity index (χ1v) is 50.5. The zero-order valence-electron chi connectivity index (χ0n) is 81.5. The molecule has 0 aliphatic heterocycles. The van der Waals surface area contributed by atoms with E-state index < -0.39 is 0 Å². The number of benzene rings is 20. The van der Waals surface area contributed by atoms with Crippen LogP contribution >= 0.6 is 0 Å². The van der Waals surface area contributed by atoms with Gasteiger partial charge >= 0.3 is 0 Å². The van der Waals surface area contributed by atoms with E-state index >= 15 is 0 Å². The van der Waals surface area contributed by atoms with E-state index in [1.54, 1.807) is 0 Å². The lowest BCUT2D eigenvalue weighted by molar-refractivity contribution is 0.661. The minimum atomic E-state index is -0.177. The molecule has 15 nitrogen and oxygen atoms in total. The third-order valence-electron chi connectivity index (χ3n) is 29.3. The third kappa shape index (κ3) is 15.2. The second-order valence-corrected chi connectivity index (χ2v) is 38.5. The highest BCUT2D eigenvalue weighted by Crippen LogP contribution is 2.53. The number of nitrogens with zero attached hydrogens (tertiary/aromatic N) is 15. The lowest BCUT2D eigenvalue weighted by Crippen LogP contribution is -2.15. The zero-order chi connectivity index (χ0) is 99.4. The van der Waals surface area contributed by atoms with Crippen LogP contribution in [0.25, 0.3) is 273 Å². The lowest BCUT2D eigenvalue weighted by Gasteiger charge is -2.21. The molecule has 0 spiro atoms. The highest BCUT2D eigenvalue weighted by molar-refractivity contribution is 6.19. The fourth-order valence-corrected chi connectivity index (χ4v) is 22.2. The van der Waals surface area contributed by atoms with Crippen LogP contribution in [0.2, 0.25) is 0 Å². The molecule has 0 saturated carbocycles. The summed E-state index contributed by atoms with van der Waals surface area (Å²) in [7, 11) is 0. The van der Waals surface area contributed by atoms with Crippen molar-refractivity contribution in [3.8, 4) is 142 Å². The molecule has 9 aromatic heterocycles. The molecule has 0 fully saturated rings. The van der Waals surface area contributed by atoms with Gasteiger partial charge in [-0.15, -0.1) is 0 Å². The van der Waals surface area contributed by atoms with Gasteiger partial charge in [-0.3, -0.25) is 9.13 Å². The molecular formula is C135H87N15. The van der Waals surface area contributed by atoms with Gasteiger partial charge in [-0.1, -0.05) is 414 Å². The monoisotopic (exact) mass is 1920 g/mol. The predicted molar refractivity (Wildman–Crippen MR) is 613 cm³/mol. The minimum Gasteiger partial charge on any atom is -0.309 e. The molecule has 1 aliphatic rings. The van der Waals surface area contributed by atoms with Crippen molar-refractivity contribution in [2.24, 2.45) is 0 Å². The first-order valence-electron chi connectivity index (χ1n) is 50.5. The van der Waals surface area contributed by atoms with Crippen LogP contribution in [0.3, 0.4) is 0 Å². The zero-order valence-corrected chi connectivity index (χ0v) is 81.5. The highest BCUT2D eigenvalue weighted by Gasteiger charge is 2.37. The maximum absolute atomic E-state index is 5.28. The summed E-state index contributed by atoms with van der Waals surface area (Å²) >= 11 is 0. The van der Waals surface area contributed by atoms with Crippen molar-refractivity contribution in [2.75, 3.05) is 0 Å². The Labute approximate surface area is 862 Å². The summed E-state index contributed by atoms with van der Waals surface area (Å²) < 4.78 is 6.72. The Morgan fingerprint density at radius 3 is 0.813 bits per heavy atom. The van der Waals surface area contributed by atoms with E-state index in [1.807, 2.05) is 164 Å². The van der Waals surface area contributed by atoms with Crippen LogP contribution < -0.4 is 0 Å². The Bertz CT molecular complexity index is 10300. The molecule has 0 N–H and O–H groups in total. The van der Waals surface area contributed by atoms with Crippen molar-refractivity contribution in [3.05, 3.63) is 503 Å². The van der Waals surface area contributed by atoms with Crippen molar-refractivity contribution in [1.29, 1.82) is 0 Å². The Balaban J connectivity index is 0.000000108. The summed E-state index contributed by atoms with van der Waals surface area (Å²) in [5, 5.41) is 17.4. The number of fused-ring (bicyclic) bond motifs is 21. The van der Waals surface area contributed by atoms with E-state index in [2.05, 4.69) is 355 Å². The van der Waals surface area contributed by atoms with Gasteiger partial charge < -0.3 is 4.57 Å². The molecule has 0 amide bonds. The topological polar surface area (TPSA) is 169 Å². The van der Waals surface area contributed by atoms with Gasteiger partial charge in [0.2, 0.25) is 11.9 Å². The second-order valence-electron chi connectivity index (χ2n) is 38.5. The van der Waals surface area contributed by atoms with Crippen LogP contribution in [-0.4, -0.2) is 73.5 Å². The first-order chi connectivity index (χ1) is 74.1. The normalized spacial score (nSPS) is 12.1. The summed E-state index contributed by atoms with van der Waals surface area (Å²) in [5.74, 6) is 5.60. The van der Waals surface area contributed by atoms with Crippen LogP contribution in [0.15, 0.2) is 491 Å². The molecule has 702 valence electrons. The molecular weight excluding hydrogens is 1830 g/mol. The molecule has 0 saturated heterocycles. The summed E-state index contributed by atoms with van der Waals surface area (Å²) in [5.41, 5.74) is 28.1. The number of hydrogen-bond acceptors (Lipinski definition) is 12. The SMILES string of the molecule is CC1(C)c2ccccc2-c2cc3c4cc(-c5nc6ccccc6c6ccccc56)ccc4n(-c4nc(-c5ccccc5)nc(-c5ccccc5)n4)c3cc21.c1ccc(-c2nc(-c3ccccc3)nc(-c3cccc(-n4c5ccccc5c5cc(-c6nc7ccccc7c7ccccc67)ccc54)c3)n2)cc1.c1ccc(-c2nc(-c3ccccc3)nc(-n3c4ccccc4c4cc(-c5nc6ccccc6c6ccccc56)ccc43)n2)cc1. The molecule has 0 atom stereocenters. The molecule has 0 radical (unpaired) electrons. The van der Waals surface area contributed by atoms with Crippen LogP contribution in [0, 0.1) is 0 Å². The van der Waals surface area contributed by atoms with E-state index in [1.165, 1.54) is 54.6 Å². The fourth-order valence-electron chi connectivity index (χ4n) is 22.2. The van der Waals surface area contributed by atoms with Crippen molar-refractivity contribution >= 4 is 130 Å². The molecule has 0 bridgehead atoms. The van der Waals surface area contributed by atoms with Gasteiger partial charge in [0, 0.05) is 131 Å². The number of aromatic nitrogens is 15. The Morgan fingerprint density at radius 2 is 0.427 bits per heavy atom. The van der Waals surface area contributed by atoms with E-state index in [0.29, 0.717) is 52.7 Å². The number of pyridine rings is 3. The van der Waals surface area contributed by atoms with Gasteiger partial charge in [0.1, 0.15) is 0 Å². The molecule has 150 heavy (non-hydrogen) atoms. The summed E-state index contributed by atoms with van der Waals surface area (Å²) in [6, 6.07) is 171. The summed E-state index contributed by atoms with van der Waals surface area (Å²) in [6.07, 6.45) is 0. The van der Waals surface area contributed by atoms with Crippen LogP contribution in [0.5, 0.6) is 0 Å². The Morgan fingerprint density at radius 1 is 0.153 bits per heavy atom. The van der Waals surface area contributed by atoms with E-state index in [4.69, 9.17) is 59.8 Å². The number of para-hydroxylation sites is 5. The van der Waals surface area contributed by atoms with Gasteiger partial charge in [0.15, 0.2) is 40.8 Å². The maximum Gasteiger partial charge on any atom is 0.238 e. The van der Waals surface area contributed by atoms with Gasteiger partial charge in [-0.05, 0) is 129 Å². The molecule has 1 aliphatic carbocycles. The van der Waals surface area contributed by atoms with Crippen LogP contribution in [0.1, 0.15) is 25.0 Å². The van der Waals surface area contributed by atoms with E-state index in [0.717, 1.165) is 177 Å². The fraction of sp³-hybridized carbons (Fsp3) is 0.0222. The quantitative estimate of drug-likeness (QED) is 0.100. The largest absolute Gasteiger partial charge is 0.309 e. The average molecular weight is 1920 g/mol. The van der Waals surface area contributed by atoms with Crippen LogP contribution in [0.4, 0.5) is 0 Å². The average Bonchev–Trinajstić information content (AvgIpc) is 1.54.